The SMILES string of the molecule is CCCC[C@H](CC)CC(=O)N[C@H](CC[C]=O)C(=O)O. The van der Waals surface area contributed by atoms with Gasteiger partial charge in [-0.15, -0.1) is 0 Å². The molecule has 0 aromatic rings. The number of amides is 1. The molecule has 1 radical (unpaired) electrons. The van der Waals surface area contributed by atoms with Crippen LogP contribution >= 0.6 is 0 Å². The Kier molecular flexibility index (Phi) is 9.75. The lowest BCUT2D eigenvalue weighted by molar-refractivity contribution is -0.142. The van der Waals surface area contributed by atoms with Crippen LogP contribution in [0.15, 0.2) is 0 Å². The Morgan fingerprint density at radius 3 is 2.42 bits per heavy atom. The van der Waals surface area contributed by atoms with E-state index in [0.29, 0.717) is 12.3 Å². The molecule has 0 bridgehead atoms. The smallest absolute Gasteiger partial charge is 0.326 e. The van der Waals surface area contributed by atoms with Crippen molar-refractivity contribution in [3.05, 3.63) is 0 Å². The summed E-state index contributed by atoms with van der Waals surface area (Å²) in [6.07, 6.45) is 6.17. The van der Waals surface area contributed by atoms with Crippen LogP contribution < -0.4 is 5.32 Å². The van der Waals surface area contributed by atoms with Crippen LogP contribution in [0, 0.1) is 5.92 Å². The first-order valence-electron chi connectivity index (χ1n) is 6.92. The number of rotatable bonds is 11. The summed E-state index contributed by atoms with van der Waals surface area (Å²) in [5.41, 5.74) is 0. The molecule has 2 N–H and O–H groups in total. The molecule has 1 amide bonds. The molecule has 19 heavy (non-hydrogen) atoms. The maximum atomic E-state index is 11.8. The molecule has 0 aromatic carbocycles. The van der Waals surface area contributed by atoms with Crippen molar-refractivity contribution >= 4 is 18.2 Å². The van der Waals surface area contributed by atoms with Gasteiger partial charge in [0.2, 0.25) is 5.91 Å². The molecule has 2 atom stereocenters. The number of carbonyl (C=O) groups excluding carboxylic acids is 2. The topological polar surface area (TPSA) is 83.5 Å². The molecular formula is C14H24NO4. The molecule has 0 aliphatic rings. The molecule has 0 aromatic heterocycles. The average Bonchev–Trinajstić information content (AvgIpc) is 2.38. The Balaban J connectivity index is 4.22. The first-order valence-corrected chi connectivity index (χ1v) is 6.92. The van der Waals surface area contributed by atoms with Crippen LogP contribution in [-0.4, -0.2) is 29.3 Å². The third-order valence-corrected chi connectivity index (χ3v) is 3.19. The van der Waals surface area contributed by atoms with Gasteiger partial charge in [0.15, 0.2) is 6.29 Å². The number of unbranched alkanes of at least 4 members (excludes halogenated alkanes) is 1. The summed E-state index contributed by atoms with van der Waals surface area (Å²) in [6, 6.07) is -0.988. The largest absolute Gasteiger partial charge is 0.480 e. The molecule has 0 fully saturated rings. The van der Waals surface area contributed by atoms with Crippen molar-refractivity contribution in [2.75, 3.05) is 0 Å². The highest BCUT2D eigenvalue weighted by atomic mass is 16.4. The second-order valence-corrected chi connectivity index (χ2v) is 4.76. The van der Waals surface area contributed by atoms with Crippen LogP contribution in [0.2, 0.25) is 0 Å². The van der Waals surface area contributed by atoms with Crippen LogP contribution in [0.4, 0.5) is 0 Å². The van der Waals surface area contributed by atoms with Gasteiger partial charge in [-0.3, -0.25) is 9.59 Å². The highest BCUT2D eigenvalue weighted by Crippen LogP contribution is 2.16. The van der Waals surface area contributed by atoms with Crippen molar-refractivity contribution in [3.63, 3.8) is 0 Å². The molecule has 5 heteroatoms. The number of hydrogen-bond donors (Lipinski definition) is 2. The van der Waals surface area contributed by atoms with Gasteiger partial charge in [0, 0.05) is 12.8 Å². The number of aliphatic carboxylic acids is 1. The minimum Gasteiger partial charge on any atom is -0.480 e. The monoisotopic (exact) mass is 270 g/mol. The lowest BCUT2D eigenvalue weighted by atomic mass is 9.95. The molecule has 0 rings (SSSR count). The fraction of sp³-hybridized carbons (Fsp3) is 0.786. The first kappa shape index (κ1) is 17.6. The maximum absolute atomic E-state index is 11.8. The van der Waals surface area contributed by atoms with E-state index in [1.165, 1.54) is 0 Å². The number of nitrogens with one attached hydrogen (secondary N) is 1. The fourth-order valence-electron chi connectivity index (χ4n) is 1.92. The van der Waals surface area contributed by atoms with Gasteiger partial charge in [-0.1, -0.05) is 33.1 Å². The van der Waals surface area contributed by atoms with Gasteiger partial charge in [-0.05, 0) is 18.8 Å². The molecule has 0 aliphatic carbocycles. The van der Waals surface area contributed by atoms with Crippen molar-refractivity contribution in [2.45, 2.75) is 64.8 Å². The lowest BCUT2D eigenvalue weighted by Gasteiger charge is -2.17. The molecule has 0 unspecified atom stereocenters. The summed E-state index contributed by atoms with van der Waals surface area (Å²) in [6.45, 7) is 4.13. The standard InChI is InChI=1S/C14H24NO4/c1-3-5-7-11(4-2)10-13(17)15-12(14(18)19)8-6-9-16/h11-12H,3-8,10H2,1-2H3,(H,15,17)(H,18,19)/t11-,12+/m0/s1. The molecular weight excluding hydrogens is 246 g/mol. The number of carbonyl (C=O) groups is 2. The normalized spacial score (nSPS) is 13.6. The Morgan fingerprint density at radius 1 is 1.26 bits per heavy atom. The van der Waals surface area contributed by atoms with Crippen LogP contribution in [0.5, 0.6) is 0 Å². The van der Waals surface area contributed by atoms with Crippen LogP contribution in [0.25, 0.3) is 0 Å². The van der Waals surface area contributed by atoms with E-state index in [4.69, 9.17) is 5.11 Å². The third-order valence-electron chi connectivity index (χ3n) is 3.19. The van der Waals surface area contributed by atoms with Gasteiger partial charge >= 0.3 is 5.97 Å². The fourth-order valence-corrected chi connectivity index (χ4v) is 1.92. The van der Waals surface area contributed by atoms with Crippen molar-refractivity contribution in [3.8, 4) is 0 Å². The predicted octanol–water partition coefficient (Wildman–Crippen LogP) is 2.05. The van der Waals surface area contributed by atoms with E-state index < -0.39 is 12.0 Å². The van der Waals surface area contributed by atoms with Gasteiger partial charge in [-0.25, -0.2) is 4.79 Å². The molecule has 0 saturated carbocycles. The van der Waals surface area contributed by atoms with E-state index in [-0.39, 0.29) is 18.7 Å². The first-order chi connectivity index (χ1) is 9.04. The van der Waals surface area contributed by atoms with E-state index in [1.54, 1.807) is 6.29 Å². The van der Waals surface area contributed by atoms with E-state index in [9.17, 15) is 14.4 Å². The third kappa shape index (κ3) is 8.35. The Labute approximate surface area is 114 Å². The highest BCUT2D eigenvalue weighted by molar-refractivity contribution is 5.83. The van der Waals surface area contributed by atoms with Crippen molar-refractivity contribution < 1.29 is 19.5 Å². The minimum atomic E-state index is -1.11. The van der Waals surface area contributed by atoms with Gasteiger partial charge in [0.05, 0.1) is 0 Å². The highest BCUT2D eigenvalue weighted by Gasteiger charge is 2.21. The average molecular weight is 270 g/mol. The number of hydrogen-bond acceptors (Lipinski definition) is 3. The lowest BCUT2D eigenvalue weighted by Crippen LogP contribution is -2.41. The van der Waals surface area contributed by atoms with Crippen molar-refractivity contribution in [1.82, 2.24) is 5.32 Å². The second-order valence-electron chi connectivity index (χ2n) is 4.76. The van der Waals surface area contributed by atoms with Crippen LogP contribution in [-0.2, 0) is 14.4 Å². The summed E-state index contributed by atoms with van der Waals surface area (Å²) in [7, 11) is 0. The second kappa shape index (κ2) is 10.5. The maximum Gasteiger partial charge on any atom is 0.326 e. The number of carboxylic acids is 1. The van der Waals surface area contributed by atoms with Gasteiger partial charge < -0.3 is 10.4 Å². The Bertz CT molecular complexity index is 291. The van der Waals surface area contributed by atoms with Crippen LogP contribution in [0.3, 0.4) is 0 Å². The zero-order valence-electron chi connectivity index (χ0n) is 11.8. The summed E-state index contributed by atoms with van der Waals surface area (Å²) < 4.78 is 0. The Morgan fingerprint density at radius 2 is 1.95 bits per heavy atom. The zero-order valence-corrected chi connectivity index (χ0v) is 11.8. The van der Waals surface area contributed by atoms with Gasteiger partial charge in [0.1, 0.15) is 6.04 Å². The van der Waals surface area contributed by atoms with Crippen molar-refractivity contribution in [1.29, 1.82) is 0 Å². The molecule has 109 valence electrons. The quantitative estimate of drug-likeness (QED) is 0.602. The minimum absolute atomic E-state index is 0.0181. The van der Waals surface area contributed by atoms with E-state index in [2.05, 4.69) is 12.2 Å². The van der Waals surface area contributed by atoms with E-state index in [1.807, 2.05) is 6.92 Å². The number of carboxylic acid groups (broad SMARTS) is 1. The molecule has 5 nitrogen and oxygen atoms in total. The van der Waals surface area contributed by atoms with Gasteiger partial charge in [-0.2, -0.15) is 0 Å². The Hall–Kier alpha value is -1.39. The van der Waals surface area contributed by atoms with Gasteiger partial charge in [0.25, 0.3) is 0 Å². The predicted molar refractivity (Wildman–Crippen MR) is 72.4 cm³/mol. The zero-order chi connectivity index (χ0) is 14.7. The molecule has 0 spiro atoms. The summed E-state index contributed by atoms with van der Waals surface area (Å²) in [4.78, 5) is 32.8. The van der Waals surface area contributed by atoms with E-state index >= 15 is 0 Å². The summed E-state index contributed by atoms with van der Waals surface area (Å²) >= 11 is 0. The summed E-state index contributed by atoms with van der Waals surface area (Å²) in [5.74, 6) is -1.06. The van der Waals surface area contributed by atoms with Crippen LogP contribution in [0.1, 0.15) is 58.8 Å². The molecule has 0 aliphatic heterocycles. The molecule has 0 heterocycles. The van der Waals surface area contributed by atoms with Crippen molar-refractivity contribution in [2.24, 2.45) is 5.92 Å². The summed E-state index contributed by atoms with van der Waals surface area (Å²) in [5, 5.41) is 11.4. The molecule has 0 saturated heterocycles. The van der Waals surface area contributed by atoms with E-state index in [0.717, 1.165) is 25.7 Å².